The van der Waals surface area contributed by atoms with Gasteiger partial charge in [-0.3, -0.25) is 4.79 Å². The van der Waals surface area contributed by atoms with Crippen LogP contribution in [-0.4, -0.2) is 31.7 Å². The predicted molar refractivity (Wildman–Crippen MR) is 77.3 cm³/mol. The van der Waals surface area contributed by atoms with Gasteiger partial charge in [0, 0.05) is 23.9 Å². The van der Waals surface area contributed by atoms with Gasteiger partial charge in [-0.25, -0.2) is 0 Å². The molecule has 0 bridgehead atoms. The van der Waals surface area contributed by atoms with Crippen molar-refractivity contribution in [1.29, 1.82) is 0 Å². The van der Waals surface area contributed by atoms with E-state index in [9.17, 15) is 4.79 Å². The van der Waals surface area contributed by atoms with E-state index in [1.54, 1.807) is 11.3 Å². The maximum Gasteiger partial charge on any atom is 0.222 e. The van der Waals surface area contributed by atoms with Crippen LogP contribution in [0.3, 0.4) is 0 Å². The first-order chi connectivity index (χ1) is 9.29. The van der Waals surface area contributed by atoms with E-state index in [4.69, 9.17) is 4.74 Å². The number of carbonyl (C=O) groups is 1. The van der Waals surface area contributed by atoms with E-state index < -0.39 is 0 Å². The quantitative estimate of drug-likeness (QED) is 0.840. The van der Waals surface area contributed by atoms with Crippen molar-refractivity contribution < 1.29 is 9.53 Å². The molecule has 1 aliphatic rings. The zero-order valence-electron chi connectivity index (χ0n) is 11.4. The maximum absolute atomic E-state index is 12.1. The smallest absolute Gasteiger partial charge is 0.222 e. The highest BCUT2D eigenvalue weighted by molar-refractivity contribution is 7.10. The summed E-state index contributed by atoms with van der Waals surface area (Å²) in [5.41, 5.74) is 0. The number of carbonyl (C=O) groups excluding carboxylic acids is 1. The fraction of sp³-hybridized carbons (Fsp3) is 0.643. The van der Waals surface area contributed by atoms with Crippen molar-refractivity contribution >= 4 is 17.2 Å². The normalized spacial score (nSPS) is 21.0. The van der Waals surface area contributed by atoms with Crippen molar-refractivity contribution in [3.63, 3.8) is 0 Å². The zero-order valence-corrected chi connectivity index (χ0v) is 12.2. The van der Waals surface area contributed by atoms with E-state index in [2.05, 4.69) is 29.0 Å². The lowest BCUT2D eigenvalue weighted by atomic mass is 10.1. The third kappa shape index (κ3) is 4.60. The standard InChI is InChI=1S/C14H22N2O2S/c1-2-4-12(13-5-3-8-19-13)16-14(17)9-11-10-18-7-6-15-11/h3,5,8,11-12,15H,2,4,6-7,9-10H2,1H3,(H,16,17). The van der Waals surface area contributed by atoms with Crippen molar-refractivity contribution in [1.82, 2.24) is 10.6 Å². The monoisotopic (exact) mass is 282 g/mol. The first kappa shape index (κ1) is 14.5. The topological polar surface area (TPSA) is 50.4 Å². The molecule has 2 heterocycles. The van der Waals surface area contributed by atoms with E-state index in [-0.39, 0.29) is 18.0 Å². The number of morpholine rings is 1. The molecule has 1 amide bonds. The molecule has 2 N–H and O–H groups in total. The van der Waals surface area contributed by atoms with Crippen molar-refractivity contribution in [3.8, 4) is 0 Å². The minimum atomic E-state index is 0.106. The van der Waals surface area contributed by atoms with Crippen molar-refractivity contribution in [3.05, 3.63) is 22.4 Å². The number of hydrogen-bond donors (Lipinski definition) is 2. The molecule has 0 spiro atoms. The first-order valence-corrected chi connectivity index (χ1v) is 7.81. The first-order valence-electron chi connectivity index (χ1n) is 6.93. The lowest BCUT2D eigenvalue weighted by molar-refractivity contribution is -0.123. The summed E-state index contributed by atoms with van der Waals surface area (Å²) >= 11 is 1.70. The molecule has 2 rings (SSSR count). The van der Waals surface area contributed by atoms with E-state index >= 15 is 0 Å². The van der Waals surface area contributed by atoms with Gasteiger partial charge in [0.2, 0.25) is 5.91 Å². The second kappa shape index (κ2) is 7.62. The lowest BCUT2D eigenvalue weighted by Gasteiger charge is -2.24. The number of hydrogen-bond acceptors (Lipinski definition) is 4. The number of nitrogens with one attached hydrogen (secondary N) is 2. The minimum Gasteiger partial charge on any atom is -0.378 e. The molecular weight excluding hydrogens is 260 g/mol. The summed E-state index contributed by atoms with van der Waals surface area (Å²) in [6.45, 7) is 4.35. The molecule has 2 unspecified atom stereocenters. The Labute approximate surface area is 118 Å². The van der Waals surface area contributed by atoms with Gasteiger partial charge in [-0.15, -0.1) is 11.3 Å². The number of amides is 1. The van der Waals surface area contributed by atoms with Crippen LogP contribution in [0, 0.1) is 0 Å². The molecule has 0 aromatic carbocycles. The summed E-state index contributed by atoms with van der Waals surface area (Å²) < 4.78 is 5.37. The van der Waals surface area contributed by atoms with E-state index in [1.165, 1.54) is 4.88 Å². The van der Waals surface area contributed by atoms with Crippen molar-refractivity contribution in [2.75, 3.05) is 19.8 Å². The van der Waals surface area contributed by atoms with Crippen LogP contribution in [0.1, 0.15) is 37.1 Å². The average molecular weight is 282 g/mol. The Morgan fingerprint density at radius 1 is 1.68 bits per heavy atom. The van der Waals surface area contributed by atoms with Crippen LogP contribution in [0.25, 0.3) is 0 Å². The molecule has 19 heavy (non-hydrogen) atoms. The van der Waals surface area contributed by atoms with Gasteiger partial charge in [-0.05, 0) is 17.9 Å². The van der Waals surface area contributed by atoms with Gasteiger partial charge in [-0.2, -0.15) is 0 Å². The van der Waals surface area contributed by atoms with Crippen LogP contribution in [-0.2, 0) is 9.53 Å². The number of rotatable bonds is 6. The Morgan fingerprint density at radius 2 is 2.58 bits per heavy atom. The number of ether oxygens (including phenoxy) is 1. The predicted octanol–water partition coefficient (Wildman–Crippen LogP) is 2.08. The van der Waals surface area contributed by atoms with Crippen LogP contribution in [0.2, 0.25) is 0 Å². The number of thiophene rings is 1. The van der Waals surface area contributed by atoms with Crippen molar-refractivity contribution in [2.24, 2.45) is 0 Å². The molecule has 0 radical (unpaired) electrons. The Morgan fingerprint density at radius 3 is 3.21 bits per heavy atom. The summed E-state index contributed by atoms with van der Waals surface area (Å²) in [6, 6.07) is 4.43. The fourth-order valence-corrected chi connectivity index (χ4v) is 3.10. The highest BCUT2D eigenvalue weighted by atomic mass is 32.1. The van der Waals surface area contributed by atoms with Gasteiger partial charge in [0.1, 0.15) is 0 Å². The minimum absolute atomic E-state index is 0.106. The Balaban J connectivity index is 1.84. The van der Waals surface area contributed by atoms with Gasteiger partial charge in [0.15, 0.2) is 0 Å². The van der Waals surface area contributed by atoms with Crippen LogP contribution in [0.5, 0.6) is 0 Å². The molecule has 0 saturated carbocycles. The lowest BCUT2D eigenvalue weighted by Crippen LogP contribution is -2.44. The largest absolute Gasteiger partial charge is 0.378 e. The third-order valence-electron chi connectivity index (χ3n) is 3.23. The molecule has 5 heteroatoms. The Bertz CT molecular complexity index is 375. The van der Waals surface area contributed by atoms with Gasteiger partial charge in [0.25, 0.3) is 0 Å². The second-order valence-corrected chi connectivity index (χ2v) is 5.83. The third-order valence-corrected chi connectivity index (χ3v) is 4.22. The highest BCUT2D eigenvalue weighted by Gasteiger charge is 2.20. The Kier molecular flexibility index (Phi) is 5.82. The summed E-state index contributed by atoms with van der Waals surface area (Å²) in [5, 5.41) is 8.51. The van der Waals surface area contributed by atoms with E-state index in [0.717, 1.165) is 26.0 Å². The highest BCUT2D eigenvalue weighted by Crippen LogP contribution is 2.23. The molecule has 0 aliphatic carbocycles. The molecular formula is C14H22N2O2S. The van der Waals surface area contributed by atoms with E-state index in [0.29, 0.717) is 13.0 Å². The Hall–Kier alpha value is -0.910. The fourth-order valence-electron chi connectivity index (χ4n) is 2.29. The zero-order chi connectivity index (χ0) is 13.5. The van der Waals surface area contributed by atoms with Crippen molar-refractivity contribution in [2.45, 2.75) is 38.3 Å². The SMILES string of the molecule is CCCC(NC(=O)CC1COCCN1)c1cccs1. The van der Waals surface area contributed by atoms with Gasteiger partial charge in [0.05, 0.1) is 19.3 Å². The summed E-state index contributed by atoms with van der Waals surface area (Å²) in [6.07, 6.45) is 2.54. The van der Waals surface area contributed by atoms with Crippen LogP contribution in [0.4, 0.5) is 0 Å². The molecule has 1 fully saturated rings. The van der Waals surface area contributed by atoms with Crippen LogP contribution in [0.15, 0.2) is 17.5 Å². The molecule has 1 aromatic rings. The molecule has 106 valence electrons. The molecule has 4 nitrogen and oxygen atoms in total. The average Bonchev–Trinajstić information content (AvgIpc) is 2.93. The summed E-state index contributed by atoms with van der Waals surface area (Å²) in [5.74, 6) is 0.106. The molecule has 1 saturated heterocycles. The summed E-state index contributed by atoms with van der Waals surface area (Å²) in [7, 11) is 0. The second-order valence-electron chi connectivity index (χ2n) is 4.85. The van der Waals surface area contributed by atoms with Crippen LogP contribution >= 0.6 is 11.3 Å². The molecule has 1 aromatic heterocycles. The maximum atomic E-state index is 12.1. The van der Waals surface area contributed by atoms with E-state index in [1.807, 2.05) is 6.07 Å². The summed E-state index contributed by atoms with van der Waals surface area (Å²) in [4.78, 5) is 13.3. The molecule has 1 aliphatic heterocycles. The van der Waals surface area contributed by atoms with Crippen LogP contribution < -0.4 is 10.6 Å². The van der Waals surface area contributed by atoms with Gasteiger partial charge >= 0.3 is 0 Å². The van der Waals surface area contributed by atoms with Gasteiger partial charge < -0.3 is 15.4 Å². The van der Waals surface area contributed by atoms with Gasteiger partial charge in [-0.1, -0.05) is 19.4 Å². The molecule has 2 atom stereocenters.